The van der Waals surface area contributed by atoms with Crippen molar-refractivity contribution in [2.45, 2.75) is 32.2 Å². The molecule has 15 heavy (non-hydrogen) atoms. The van der Waals surface area contributed by atoms with Crippen molar-refractivity contribution in [2.75, 3.05) is 6.54 Å². The number of phenolic OH excluding ortho intramolecular Hbond substituents is 1. The standard InChI is InChI=1S/C13H19NO/c15-13-6-2-1-5-12(13)10-14-9-3-4-11-7-8-11/h1-2,5-6,11,14-15H,3-4,7-10H2. The van der Waals surface area contributed by atoms with E-state index in [0.717, 1.165) is 24.6 Å². The third-order valence-electron chi connectivity index (χ3n) is 2.97. The Bertz CT molecular complexity index is 307. The van der Waals surface area contributed by atoms with E-state index < -0.39 is 0 Å². The average Bonchev–Trinajstić information content (AvgIpc) is 3.04. The molecule has 2 nitrogen and oxygen atoms in total. The molecule has 0 spiro atoms. The Morgan fingerprint density at radius 1 is 1.27 bits per heavy atom. The van der Waals surface area contributed by atoms with Gasteiger partial charge in [-0.15, -0.1) is 0 Å². The van der Waals surface area contributed by atoms with Gasteiger partial charge in [-0.25, -0.2) is 0 Å². The number of hydrogen-bond acceptors (Lipinski definition) is 2. The van der Waals surface area contributed by atoms with Crippen molar-refractivity contribution in [1.82, 2.24) is 5.32 Å². The highest BCUT2D eigenvalue weighted by molar-refractivity contribution is 5.31. The molecule has 0 amide bonds. The van der Waals surface area contributed by atoms with E-state index in [2.05, 4.69) is 5.32 Å². The van der Waals surface area contributed by atoms with Gasteiger partial charge < -0.3 is 10.4 Å². The normalized spacial score (nSPS) is 15.5. The number of benzene rings is 1. The lowest BCUT2D eigenvalue weighted by atomic mass is 10.2. The number of nitrogens with one attached hydrogen (secondary N) is 1. The van der Waals surface area contributed by atoms with Crippen molar-refractivity contribution in [3.8, 4) is 5.75 Å². The predicted molar refractivity (Wildman–Crippen MR) is 61.8 cm³/mol. The second kappa shape index (κ2) is 5.17. The van der Waals surface area contributed by atoms with Crippen LogP contribution in [0.1, 0.15) is 31.2 Å². The molecule has 1 fully saturated rings. The number of hydrogen-bond donors (Lipinski definition) is 2. The average molecular weight is 205 g/mol. The van der Waals surface area contributed by atoms with E-state index in [1.165, 1.54) is 25.7 Å². The monoisotopic (exact) mass is 205 g/mol. The van der Waals surface area contributed by atoms with Crippen LogP contribution < -0.4 is 5.32 Å². The Labute approximate surface area is 91.3 Å². The Morgan fingerprint density at radius 3 is 2.80 bits per heavy atom. The summed E-state index contributed by atoms with van der Waals surface area (Å²) in [6.07, 6.45) is 5.52. The Morgan fingerprint density at radius 2 is 2.07 bits per heavy atom. The third-order valence-corrected chi connectivity index (χ3v) is 2.97. The minimum atomic E-state index is 0.396. The van der Waals surface area contributed by atoms with Crippen LogP contribution >= 0.6 is 0 Å². The topological polar surface area (TPSA) is 32.3 Å². The molecule has 2 rings (SSSR count). The summed E-state index contributed by atoms with van der Waals surface area (Å²) in [5.74, 6) is 1.42. The van der Waals surface area contributed by atoms with Crippen molar-refractivity contribution < 1.29 is 5.11 Å². The van der Waals surface area contributed by atoms with Gasteiger partial charge in [0, 0.05) is 12.1 Å². The molecule has 0 radical (unpaired) electrons. The largest absolute Gasteiger partial charge is 0.508 e. The zero-order valence-corrected chi connectivity index (χ0v) is 9.08. The molecule has 82 valence electrons. The van der Waals surface area contributed by atoms with E-state index in [1.807, 2.05) is 18.2 Å². The molecule has 2 heteroatoms. The first-order chi connectivity index (χ1) is 7.36. The van der Waals surface area contributed by atoms with Crippen LogP contribution in [0.5, 0.6) is 5.75 Å². The summed E-state index contributed by atoms with van der Waals surface area (Å²) in [6.45, 7) is 1.84. The van der Waals surface area contributed by atoms with Crippen molar-refractivity contribution in [3.05, 3.63) is 29.8 Å². The van der Waals surface area contributed by atoms with E-state index in [0.29, 0.717) is 5.75 Å². The van der Waals surface area contributed by atoms with Crippen LogP contribution in [0.3, 0.4) is 0 Å². The van der Waals surface area contributed by atoms with Gasteiger partial charge in [0.05, 0.1) is 0 Å². The molecule has 0 saturated heterocycles. The van der Waals surface area contributed by atoms with Gasteiger partial charge in [-0.3, -0.25) is 0 Å². The number of phenols is 1. The van der Waals surface area contributed by atoms with Crippen molar-refractivity contribution in [1.29, 1.82) is 0 Å². The summed E-state index contributed by atoms with van der Waals surface area (Å²) >= 11 is 0. The molecular formula is C13H19NO. The molecule has 0 bridgehead atoms. The summed E-state index contributed by atoms with van der Waals surface area (Å²) in [4.78, 5) is 0. The first-order valence-electron chi connectivity index (χ1n) is 5.84. The molecule has 2 N–H and O–H groups in total. The summed E-state index contributed by atoms with van der Waals surface area (Å²) in [5, 5.41) is 12.9. The molecule has 0 unspecified atom stereocenters. The van der Waals surface area contributed by atoms with Crippen molar-refractivity contribution in [2.24, 2.45) is 5.92 Å². The number of rotatable bonds is 6. The predicted octanol–water partition coefficient (Wildman–Crippen LogP) is 2.67. The van der Waals surface area contributed by atoms with Gasteiger partial charge in [-0.2, -0.15) is 0 Å². The van der Waals surface area contributed by atoms with Gasteiger partial charge >= 0.3 is 0 Å². The van der Waals surface area contributed by atoms with Crippen LogP contribution in [0.4, 0.5) is 0 Å². The molecular weight excluding hydrogens is 186 g/mol. The lowest BCUT2D eigenvalue weighted by molar-refractivity contribution is 0.463. The second-order valence-electron chi connectivity index (χ2n) is 4.39. The molecule has 1 aromatic rings. The fraction of sp³-hybridized carbons (Fsp3) is 0.538. The maximum absolute atomic E-state index is 9.53. The van der Waals surface area contributed by atoms with Crippen LogP contribution in [0.2, 0.25) is 0 Å². The van der Waals surface area contributed by atoms with Gasteiger partial charge in [0.2, 0.25) is 0 Å². The highest BCUT2D eigenvalue weighted by Crippen LogP contribution is 2.33. The van der Waals surface area contributed by atoms with Gasteiger partial charge in [-0.05, 0) is 31.4 Å². The Hall–Kier alpha value is -1.02. The molecule has 1 aliphatic carbocycles. The lowest BCUT2D eigenvalue weighted by Gasteiger charge is -2.06. The number of para-hydroxylation sites is 1. The van der Waals surface area contributed by atoms with E-state index in [9.17, 15) is 5.11 Å². The zero-order valence-electron chi connectivity index (χ0n) is 9.08. The van der Waals surface area contributed by atoms with Crippen LogP contribution in [0.15, 0.2) is 24.3 Å². The van der Waals surface area contributed by atoms with E-state index in [4.69, 9.17) is 0 Å². The van der Waals surface area contributed by atoms with Crippen LogP contribution in [0, 0.1) is 5.92 Å². The highest BCUT2D eigenvalue weighted by atomic mass is 16.3. The highest BCUT2D eigenvalue weighted by Gasteiger charge is 2.19. The van der Waals surface area contributed by atoms with Gasteiger partial charge in [0.25, 0.3) is 0 Å². The Kier molecular flexibility index (Phi) is 3.62. The summed E-state index contributed by atoms with van der Waals surface area (Å²) in [5.41, 5.74) is 0.990. The van der Waals surface area contributed by atoms with E-state index >= 15 is 0 Å². The fourth-order valence-corrected chi connectivity index (χ4v) is 1.81. The fourth-order valence-electron chi connectivity index (χ4n) is 1.81. The molecule has 1 aromatic carbocycles. The summed E-state index contributed by atoms with van der Waals surface area (Å²) < 4.78 is 0. The molecule has 1 saturated carbocycles. The maximum atomic E-state index is 9.53. The molecule has 1 aliphatic rings. The van der Waals surface area contributed by atoms with Crippen molar-refractivity contribution in [3.63, 3.8) is 0 Å². The summed E-state index contributed by atoms with van der Waals surface area (Å²) in [7, 11) is 0. The van der Waals surface area contributed by atoms with E-state index in [-0.39, 0.29) is 0 Å². The smallest absolute Gasteiger partial charge is 0.120 e. The quantitative estimate of drug-likeness (QED) is 0.700. The minimum Gasteiger partial charge on any atom is -0.508 e. The van der Waals surface area contributed by atoms with Crippen LogP contribution in [-0.2, 0) is 6.54 Å². The van der Waals surface area contributed by atoms with Crippen molar-refractivity contribution >= 4 is 0 Å². The third kappa shape index (κ3) is 3.56. The van der Waals surface area contributed by atoms with Crippen LogP contribution in [0.25, 0.3) is 0 Å². The second-order valence-corrected chi connectivity index (χ2v) is 4.39. The van der Waals surface area contributed by atoms with E-state index in [1.54, 1.807) is 6.07 Å². The lowest BCUT2D eigenvalue weighted by Crippen LogP contribution is -2.14. The minimum absolute atomic E-state index is 0.396. The summed E-state index contributed by atoms with van der Waals surface area (Å²) in [6, 6.07) is 7.51. The zero-order chi connectivity index (χ0) is 10.5. The first-order valence-corrected chi connectivity index (χ1v) is 5.84. The van der Waals surface area contributed by atoms with Gasteiger partial charge in [0.15, 0.2) is 0 Å². The Balaban J connectivity index is 1.62. The van der Waals surface area contributed by atoms with Gasteiger partial charge in [-0.1, -0.05) is 31.0 Å². The first kappa shape index (κ1) is 10.5. The number of aromatic hydroxyl groups is 1. The van der Waals surface area contributed by atoms with Gasteiger partial charge in [0.1, 0.15) is 5.75 Å². The maximum Gasteiger partial charge on any atom is 0.120 e. The van der Waals surface area contributed by atoms with Crippen LogP contribution in [-0.4, -0.2) is 11.7 Å². The molecule has 0 aromatic heterocycles. The SMILES string of the molecule is Oc1ccccc1CNCCCC1CC1. The molecule has 0 aliphatic heterocycles. The molecule has 0 atom stereocenters. The molecule has 0 heterocycles.